The number of amides is 2. The molecular weight excluding hydrogens is 445 g/mol. The van der Waals surface area contributed by atoms with Crippen molar-refractivity contribution < 1.29 is 4.79 Å². The number of urea groups is 1. The molecule has 1 saturated heterocycles. The van der Waals surface area contributed by atoms with Gasteiger partial charge in [-0.3, -0.25) is 0 Å². The summed E-state index contributed by atoms with van der Waals surface area (Å²) < 4.78 is 2.14. The molecule has 8 heteroatoms. The summed E-state index contributed by atoms with van der Waals surface area (Å²) >= 11 is 12.4. The van der Waals surface area contributed by atoms with Crippen LogP contribution in [0.1, 0.15) is 12.0 Å². The van der Waals surface area contributed by atoms with E-state index >= 15 is 0 Å². The van der Waals surface area contributed by atoms with Gasteiger partial charge in [0.15, 0.2) is 5.82 Å². The second kappa shape index (κ2) is 8.52. The van der Waals surface area contributed by atoms with Gasteiger partial charge >= 0.3 is 6.03 Å². The molecule has 0 aliphatic carbocycles. The van der Waals surface area contributed by atoms with Gasteiger partial charge in [-0.05, 0) is 61.4 Å². The van der Waals surface area contributed by atoms with Gasteiger partial charge in [-0.1, -0.05) is 29.3 Å². The minimum atomic E-state index is -0.113. The van der Waals surface area contributed by atoms with Crippen molar-refractivity contribution in [1.82, 2.24) is 14.3 Å². The first kappa shape index (κ1) is 20.9. The molecule has 0 saturated carbocycles. The Morgan fingerprint density at radius 2 is 1.88 bits per heavy atom. The van der Waals surface area contributed by atoms with Crippen molar-refractivity contribution in [3.8, 4) is 0 Å². The van der Waals surface area contributed by atoms with Crippen LogP contribution in [0.25, 0.3) is 16.6 Å². The second-order valence-electron chi connectivity index (χ2n) is 8.05. The summed E-state index contributed by atoms with van der Waals surface area (Å²) in [5.41, 5.74) is 4.61. The third kappa shape index (κ3) is 3.96. The Bertz CT molecular complexity index is 1320. The Kier molecular flexibility index (Phi) is 5.57. The molecule has 6 nitrogen and oxygen atoms in total. The number of hydrogen-bond donors (Lipinski definition) is 1. The summed E-state index contributed by atoms with van der Waals surface area (Å²) in [4.78, 5) is 21.9. The molecule has 0 spiro atoms. The van der Waals surface area contributed by atoms with E-state index in [0.29, 0.717) is 35.4 Å². The molecule has 32 heavy (non-hydrogen) atoms. The molecule has 3 heterocycles. The zero-order chi connectivity index (χ0) is 22.2. The number of hydrogen-bond acceptors (Lipinski definition) is 3. The molecule has 0 bridgehead atoms. The van der Waals surface area contributed by atoms with Crippen LogP contribution in [0.5, 0.6) is 0 Å². The smallest absolute Gasteiger partial charge is 0.321 e. The number of anilines is 2. The number of carbonyl (C=O) groups excluding carboxylic acids is 1. The second-order valence-corrected chi connectivity index (χ2v) is 8.90. The lowest BCUT2D eigenvalue weighted by atomic mass is 10.2. The number of rotatable bonds is 2. The van der Waals surface area contributed by atoms with Crippen LogP contribution < -0.4 is 10.2 Å². The lowest BCUT2D eigenvalue weighted by molar-refractivity contribution is 0.215. The molecule has 1 aliphatic heterocycles. The van der Waals surface area contributed by atoms with E-state index in [2.05, 4.69) is 20.7 Å². The van der Waals surface area contributed by atoms with Crippen LogP contribution in [-0.4, -0.2) is 46.5 Å². The Morgan fingerprint density at radius 3 is 2.72 bits per heavy atom. The molecule has 2 amide bonds. The lowest BCUT2D eigenvalue weighted by Crippen LogP contribution is -2.38. The van der Waals surface area contributed by atoms with Crippen molar-refractivity contribution in [2.45, 2.75) is 13.3 Å². The molecule has 0 unspecified atom stereocenters. The highest BCUT2D eigenvalue weighted by Gasteiger charge is 2.22. The van der Waals surface area contributed by atoms with Crippen LogP contribution in [0.2, 0.25) is 10.0 Å². The first-order valence-corrected chi connectivity index (χ1v) is 11.4. The third-order valence-electron chi connectivity index (χ3n) is 5.91. The van der Waals surface area contributed by atoms with Crippen molar-refractivity contribution in [2.75, 3.05) is 36.4 Å². The Labute approximate surface area is 196 Å². The van der Waals surface area contributed by atoms with E-state index in [9.17, 15) is 4.79 Å². The summed E-state index contributed by atoms with van der Waals surface area (Å²) in [6, 6.07) is 15.3. The van der Waals surface area contributed by atoms with E-state index in [-0.39, 0.29) is 6.03 Å². The van der Waals surface area contributed by atoms with E-state index in [0.717, 1.165) is 40.9 Å². The van der Waals surface area contributed by atoms with Crippen molar-refractivity contribution >= 4 is 57.3 Å². The van der Waals surface area contributed by atoms with E-state index in [1.807, 2.05) is 54.4 Å². The number of aromatic nitrogens is 2. The largest absolute Gasteiger partial charge is 0.353 e. The molecule has 1 fully saturated rings. The fourth-order valence-electron chi connectivity index (χ4n) is 4.17. The van der Waals surface area contributed by atoms with E-state index in [4.69, 9.17) is 28.2 Å². The lowest BCUT2D eigenvalue weighted by Gasteiger charge is -2.24. The average molecular weight is 468 g/mol. The summed E-state index contributed by atoms with van der Waals surface area (Å²) in [7, 11) is 0. The van der Waals surface area contributed by atoms with Gasteiger partial charge in [0, 0.05) is 48.1 Å². The van der Waals surface area contributed by atoms with Crippen LogP contribution in [0.3, 0.4) is 0 Å². The molecule has 5 rings (SSSR count). The van der Waals surface area contributed by atoms with Gasteiger partial charge in [-0.15, -0.1) is 0 Å². The number of aryl methyl sites for hydroxylation is 1. The molecule has 2 aromatic heterocycles. The van der Waals surface area contributed by atoms with Gasteiger partial charge in [0.2, 0.25) is 0 Å². The Balaban J connectivity index is 1.37. The number of halogens is 2. The topological polar surface area (TPSA) is 52.9 Å². The van der Waals surface area contributed by atoms with Gasteiger partial charge in [0.05, 0.1) is 16.6 Å². The van der Waals surface area contributed by atoms with Crippen LogP contribution in [0, 0.1) is 6.92 Å². The number of benzene rings is 2. The maximum absolute atomic E-state index is 12.9. The fraction of sp³-hybridized carbons (Fsp3) is 0.250. The highest BCUT2D eigenvalue weighted by atomic mass is 35.5. The van der Waals surface area contributed by atoms with Crippen LogP contribution in [0.4, 0.5) is 16.3 Å². The minimum absolute atomic E-state index is 0.113. The first-order valence-electron chi connectivity index (χ1n) is 10.6. The molecule has 0 radical (unpaired) electrons. The fourth-order valence-corrected chi connectivity index (χ4v) is 4.52. The van der Waals surface area contributed by atoms with E-state index in [1.165, 1.54) is 0 Å². The number of nitrogens with one attached hydrogen (secondary N) is 1. The maximum atomic E-state index is 12.9. The van der Waals surface area contributed by atoms with Crippen molar-refractivity contribution in [3.05, 3.63) is 70.3 Å². The summed E-state index contributed by atoms with van der Waals surface area (Å²) in [6.45, 7) is 4.74. The molecular formula is C24H23Cl2N5O. The molecule has 2 aromatic carbocycles. The van der Waals surface area contributed by atoms with Crippen LogP contribution >= 0.6 is 23.2 Å². The molecule has 164 valence electrons. The van der Waals surface area contributed by atoms with Crippen molar-refractivity contribution in [1.29, 1.82) is 0 Å². The SMILES string of the molecule is Cc1ccc(NC(=O)N2CCCN(c3nc4cc(Cl)ccc4n4cccc34)CC2)cc1Cl. The van der Waals surface area contributed by atoms with Crippen molar-refractivity contribution in [2.24, 2.45) is 0 Å². The highest BCUT2D eigenvalue weighted by Crippen LogP contribution is 2.28. The number of carbonyl (C=O) groups is 1. The summed E-state index contributed by atoms with van der Waals surface area (Å²) in [5, 5.41) is 4.27. The predicted molar refractivity (Wildman–Crippen MR) is 131 cm³/mol. The van der Waals surface area contributed by atoms with Gasteiger partial charge in [0.25, 0.3) is 0 Å². The first-order chi connectivity index (χ1) is 15.5. The predicted octanol–water partition coefficient (Wildman–Crippen LogP) is 5.85. The van der Waals surface area contributed by atoms with Crippen LogP contribution in [-0.2, 0) is 0 Å². The van der Waals surface area contributed by atoms with E-state index in [1.54, 1.807) is 6.07 Å². The average Bonchev–Trinajstić information content (AvgIpc) is 3.13. The van der Waals surface area contributed by atoms with Gasteiger partial charge < -0.3 is 19.5 Å². The molecule has 1 aliphatic rings. The zero-order valence-electron chi connectivity index (χ0n) is 17.7. The number of fused-ring (bicyclic) bond motifs is 3. The minimum Gasteiger partial charge on any atom is -0.353 e. The van der Waals surface area contributed by atoms with E-state index < -0.39 is 0 Å². The third-order valence-corrected chi connectivity index (χ3v) is 6.55. The Morgan fingerprint density at radius 1 is 1.00 bits per heavy atom. The summed E-state index contributed by atoms with van der Waals surface area (Å²) in [5.74, 6) is 0.914. The maximum Gasteiger partial charge on any atom is 0.321 e. The normalized spacial score (nSPS) is 14.7. The van der Waals surface area contributed by atoms with Gasteiger partial charge in [-0.25, -0.2) is 9.78 Å². The quantitative estimate of drug-likeness (QED) is 0.402. The monoisotopic (exact) mass is 467 g/mol. The van der Waals surface area contributed by atoms with Gasteiger partial charge in [-0.2, -0.15) is 0 Å². The molecule has 1 N–H and O–H groups in total. The standard InChI is InChI=1S/C24H23Cl2N5O/c1-16-5-7-18(15-19(16)26)27-24(32)30-10-3-9-29(12-13-30)23-22-4-2-11-31(22)21-8-6-17(25)14-20(21)28-23/h2,4-8,11,14-15H,3,9-10,12-13H2,1H3,(H,27,32). The molecule has 0 atom stereocenters. The molecule has 4 aromatic rings. The Hall–Kier alpha value is -2.96. The zero-order valence-corrected chi connectivity index (χ0v) is 19.2. The van der Waals surface area contributed by atoms with Crippen molar-refractivity contribution in [3.63, 3.8) is 0 Å². The highest BCUT2D eigenvalue weighted by molar-refractivity contribution is 6.31. The summed E-state index contributed by atoms with van der Waals surface area (Å²) in [6.07, 6.45) is 2.89. The van der Waals surface area contributed by atoms with Gasteiger partial charge in [0.1, 0.15) is 0 Å². The number of nitrogens with zero attached hydrogens (tertiary/aromatic N) is 4. The van der Waals surface area contributed by atoms with Crippen LogP contribution in [0.15, 0.2) is 54.7 Å².